The van der Waals surface area contributed by atoms with Crippen molar-refractivity contribution in [3.05, 3.63) is 47.5 Å². The lowest BCUT2D eigenvalue weighted by atomic mass is 10.0. The van der Waals surface area contributed by atoms with Crippen LogP contribution in [0.2, 0.25) is 78.6 Å². The molecule has 2 aromatic carbocycles. The molecule has 0 radical (unpaired) electrons. The second-order valence-corrected chi connectivity index (χ2v) is 32.5. The Morgan fingerprint density at radius 3 is 0.788 bits per heavy atom. The van der Waals surface area contributed by atoms with E-state index in [-0.39, 0.29) is 0 Å². The van der Waals surface area contributed by atoms with Crippen LogP contribution in [0, 0.1) is 0 Å². The smallest absolute Gasteiger partial charge is 0.144 e. The van der Waals surface area contributed by atoms with E-state index in [9.17, 15) is 0 Å². The van der Waals surface area contributed by atoms with Gasteiger partial charge < -0.3 is 19.9 Å². The molecule has 4 nitrogen and oxygen atoms in total. The Morgan fingerprint density at radius 1 is 0.394 bits per heavy atom. The fourth-order valence-electron chi connectivity index (χ4n) is 3.84. The first-order valence-corrected chi connectivity index (χ1v) is 26.2. The molecule has 0 heterocycles. The zero-order valence-corrected chi connectivity index (χ0v) is 27.2. The summed E-state index contributed by atoms with van der Waals surface area (Å²) in [5.74, 6) is 0. The summed E-state index contributed by atoms with van der Waals surface area (Å²) in [7, 11) is -5.77. The molecule has 0 saturated carbocycles. The zero-order valence-electron chi connectivity index (χ0n) is 23.2. The molecule has 0 fully saturated rings. The number of hydrogen-bond acceptors (Lipinski definition) is 4. The molecule has 0 aliphatic carbocycles. The Labute approximate surface area is 207 Å². The Bertz CT molecular complexity index is 803. The highest BCUT2D eigenvalue weighted by Crippen LogP contribution is 2.28. The zero-order chi connectivity index (χ0) is 25.2. The molecular formula is C25H48N4Si4. The van der Waals surface area contributed by atoms with Gasteiger partial charge in [0.1, 0.15) is 32.9 Å². The van der Waals surface area contributed by atoms with Gasteiger partial charge >= 0.3 is 0 Å². The summed E-state index contributed by atoms with van der Waals surface area (Å²) >= 11 is 0. The Morgan fingerprint density at radius 2 is 0.606 bits per heavy atom. The van der Waals surface area contributed by atoms with Gasteiger partial charge in [-0.1, -0.05) is 78.6 Å². The van der Waals surface area contributed by atoms with Crippen LogP contribution in [-0.4, -0.2) is 32.9 Å². The Hall–Kier alpha value is -1.49. The van der Waals surface area contributed by atoms with Crippen molar-refractivity contribution in [2.75, 3.05) is 19.9 Å². The highest BCUT2D eigenvalue weighted by Gasteiger charge is 2.19. The lowest BCUT2D eigenvalue weighted by Crippen LogP contribution is -2.33. The molecule has 0 amide bonds. The van der Waals surface area contributed by atoms with E-state index in [1.807, 2.05) is 0 Å². The molecular weight excluding hydrogens is 469 g/mol. The molecule has 0 saturated heterocycles. The molecule has 0 atom stereocenters. The molecule has 2 rings (SSSR count). The molecule has 2 aromatic rings. The van der Waals surface area contributed by atoms with Crippen LogP contribution in [-0.2, 0) is 6.42 Å². The molecule has 0 bridgehead atoms. The Balaban J connectivity index is 2.47. The van der Waals surface area contributed by atoms with Crippen LogP contribution in [0.25, 0.3) is 0 Å². The maximum Gasteiger partial charge on any atom is 0.144 e. The summed E-state index contributed by atoms with van der Waals surface area (Å²) < 4.78 is 0. The molecule has 4 N–H and O–H groups in total. The van der Waals surface area contributed by atoms with Crippen LogP contribution in [0.3, 0.4) is 0 Å². The van der Waals surface area contributed by atoms with Gasteiger partial charge in [-0.2, -0.15) is 0 Å². The summed E-state index contributed by atoms with van der Waals surface area (Å²) in [4.78, 5) is 15.3. The van der Waals surface area contributed by atoms with Crippen LogP contribution in [0.15, 0.2) is 36.4 Å². The minimum absolute atomic E-state index is 0.920. The topological polar surface area (TPSA) is 48.1 Å². The lowest BCUT2D eigenvalue weighted by molar-refractivity contribution is 1.19. The second-order valence-electron chi connectivity index (χ2n) is 13.5. The second kappa shape index (κ2) is 10.0. The number of hydrogen-bond donors (Lipinski definition) is 4. The molecule has 0 aliphatic heterocycles. The molecule has 0 spiro atoms. The third-order valence-electron chi connectivity index (χ3n) is 4.47. The first-order chi connectivity index (χ1) is 14.8. The van der Waals surface area contributed by atoms with Gasteiger partial charge in [0.05, 0.1) is 0 Å². The fraction of sp³-hybridized carbons (Fsp3) is 0.520. The van der Waals surface area contributed by atoms with Crippen LogP contribution in [0.5, 0.6) is 0 Å². The van der Waals surface area contributed by atoms with Crippen LogP contribution in [0.1, 0.15) is 11.1 Å². The van der Waals surface area contributed by atoms with Crippen molar-refractivity contribution in [1.82, 2.24) is 0 Å². The molecule has 184 valence electrons. The predicted molar refractivity (Wildman–Crippen MR) is 164 cm³/mol. The van der Waals surface area contributed by atoms with Crippen molar-refractivity contribution in [3.8, 4) is 0 Å². The summed E-state index contributed by atoms with van der Waals surface area (Å²) in [6.45, 7) is 28.2. The van der Waals surface area contributed by atoms with Crippen molar-refractivity contribution in [1.29, 1.82) is 0 Å². The largest absolute Gasteiger partial charge is 0.411 e. The summed E-state index contributed by atoms with van der Waals surface area (Å²) in [5.41, 5.74) is 7.66. The van der Waals surface area contributed by atoms with E-state index in [0.717, 1.165) is 6.42 Å². The van der Waals surface area contributed by atoms with E-state index in [2.05, 4.69) is 135 Å². The van der Waals surface area contributed by atoms with Gasteiger partial charge in [-0.05, 0) is 53.9 Å². The van der Waals surface area contributed by atoms with Crippen LogP contribution in [0.4, 0.5) is 22.7 Å². The minimum atomic E-state index is -1.44. The van der Waals surface area contributed by atoms with E-state index in [1.165, 1.54) is 33.9 Å². The number of benzene rings is 2. The standard InChI is InChI=1S/C25H48N4Si4/c1-30(2,3)26-22-14-20(15-23(18-22)27-31(4,5)6)13-21-16-24(28-32(7,8)9)19-25(17-21)29-33(10,11)12/h14-19,26-29H,13H2,1-12H3. The fourth-order valence-corrected chi connectivity index (χ4v) is 7.89. The summed E-state index contributed by atoms with van der Waals surface area (Å²) in [6, 6.07) is 14.0. The van der Waals surface area contributed by atoms with Crippen LogP contribution >= 0.6 is 0 Å². The van der Waals surface area contributed by atoms with E-state index < -0.39 is 32.9 Å². The average molecular weight is 517 g/mol. The van der Waals surface area contributed by atoms with Crippen LogP contribution < -0.4 is 19.9 Å². The number of anilines is 4. The first kappa shape index (κ1) is 27.7. The SMILES string of the molecule is C[Si](C)(C)Nc1cc(Cc2cc(N[Si](C)(C)C)cc(N[Si](C)(C)C)c2)cc(N[Si](C)(C)C)c1. The van der Waals surface area contributed by atoms with Gasteiger partial charge in [-0.3, -0.25) is 0 Å². The third kappa shape index (κ3) is 11.5. The lowest BCUT2D eigenvalue weighted by Gasteiger charge is -2.25. The molecule has 0 unspecified atom stereocenters. The van der Waals surface area contributed by atoms with Crippen molar-refractivity contribution in [2.24, 2.45) is 0 Å². The van der Waals surface area contributed by atoms with Crippen molar-refractivity contribution >= 4 is 55.7 Å². The molecule has 0 aromatic heterocycles. The summed E-state index contributed by atoms with van der Waals surface area (Å²) in [5, 5.41) is 0. The van der Waals surface area contributed by atoms with Crippen molar-refractivity contribution in [3.63, 3.8) is 0 Å². The predicted octanol–water partition coefficient (Wildman–Crippen LogP) is 8.26. The highest BCUT2D eigenvalue weighted by atomic mass is 28.3. The maximum absolute atomic E-state index is 3.82. The van der Waals surface area contributed by atoms with Gasteiger partial charge in [0, 0.05) is 22.7 Å². The maximum atomic E-state index is 3.82. The van der Waals surface area contributed by atoms with Gasteiger partial charge in [-0.25, -0.2) is 0 Å². The quantitative estimate of drug-likeness (QED) is 0.240. The number of rotatable bonds is 10. The minimum Gasteiger partial charge on any atom is -0.411 e. The monoisotopic (exact) mass is 516 g/mol. The third-order valence-corrected chi connectivity index (χ3v) is 8.63. The van der Waals surface area contributed by atoms with Gasteiger partial charge in [-0.15, -0.1) is 0 Å². The van der Waals surface area contributed by atoms with Gasteiger partial charge in [0.15, 0.2) is 0 Å². The van der Waals surface area contributed by atoms with Crippen molar-refractivity contribution < 1.29 is 0 Å². The van der Waals surface area contributed by atoms with E-state index in [4.69, 9.17) is 0 Å². The van der Waals surface area contributed by atoms with E-state index in [1.54, 1.807) is 0 Å². The number of nitrogens with one attached hydrogen (secondary N) is 4. The Kier molecular flexibility index (Phi) is 8.42. The highest BCUT2D eigenvalue weighted by molar-refractivity contribution is 6.80. The van der Waals surface area contributed by atoms with Gasteiger partial charge in [0.25, 0.3) is 0 Å². The van der Waals surface area contributed by atoms with Crippen molar-refractivity contribution in [2.45, 2.75) is 85.0 Å². The first-order valence-electron chi connectivity index (χ1n) is 12.2. The van der Waals surface area contributed by atoms with E-state index >= 15 is 0 Å². The molecule has 0 aliphatic rings. The molecule has 8 heteroatoms. The normalized spacial score (nSPS) is 13.0. The summed E-state index contributed by atoms with van der Waals surface area (Å²) in [6.07, 6.45) is 0.920. The average Bonchev–Trinajstić information content (AvgIpc) is 2.46. The van der Waals surface area contributed by atoms with E-state index in [0.29, 0.717) is 0 Å². The van der Waals surface area contributed by atoms with Gasteiger partial charge in [0.2, 0.25) is 0 Å². The molecule has 33 heavy (non-hydrogen) atoms.